The van der Waals surface area contributed by atoms with Crippen molar-refractivity contribution >= 4 is 17.1 Å². The summed E-state index contributed by atoms with van der Waals surface area (Å²) in [4.78, 5) is 16.6. The zero-order valence-electron chi connectivity index (χ0n) is 16.0. The Bertz CT molecular complexity index is 958. The van der Waals surface area contributed by atoms with Gasteiger partial charge in [0.05, 0.1) is 17.4 Å². The Morgan fingerprint density at radius 2 is 1.86 bits per heavy atom. The van der Waals surface area contributed by atoms with E-state index in [0.717, 1.165) is 48.8 Å². The SMILES string of the molecule is NC1(CNC(=O)NCc2cccc(Cn3cnc4ccccc43)c2)CCCC1. The van der Waals surface area contributed by atoms with Gasteiger partial charge in [0.2, 0.25) is 0 Å². The molecule has 0 saturated heterocycles. The third kappa shape index (κ3) is 4.34. The van der Waals surface area contributed by atoms with Crippen LogP contribution in [0.3, 0.4) is 0 Å². The van der Waals surface area contributed by atoms with Crippen molar-refractivity contribution in [2.24, 2.45) is 5.73 Å². The molecule has 0 aliphatic heterocycles. The van der Waals surface area contributed by atoms with Crippen molar-refractivity contribution in [3.63, 3.8) is 0 Å². The lowest BCUT2D eigenvalue weighted by Gasteiger charge is -2.23. The molecule has 4 rings (SSSR count). The lowest BCUT2D eigenvalue weighted by atomic mass is 10.00. The second kappa shape index (κ2) is 8.02. The first kappa shape index (κ1) is 18.5. The normalized spacial score (nSPS) is 15.6. The third-order valence-corrected chi connectivity index (χ3v) is 5.53. The Morgan fingerprint density at radius 1 is 1.07 bits per heavy atom. The number of benzene rings is 2. The molecule has 28 heavy (non-hydrogen) atoms. The van der Waals surface area contributed by atoms with Crippen LogP contribution in [0.2, 0.25) is 0 Å². The van der Waals surface area contributed by atoms with E-state index < -0.39 is 0 Å². The topological polar surface area (TPSA) is 85.0 Å². The highest BCUT2D eigenvalue weighted by atomic mass is 16.2. The van der Waals surface area contributed by atoms with Crippen LogP contribution >= 0.6 is 0 Å². The summed E-state index contributed by atoms with van der Waals surface area (Å²) in [6.45, 7) is 1.77. The standard InChI is InChI=1S/C22H27N5O/c23-22(10-3-4-11-22)15-25-21(28)24-13-17-6-5-7-18(12-17)14-27-16-26-19-8-1-2-9-20(19)27/h1-2,5-9,12,16H,3-4,10-11,13-15,23H2,(H2,24,25,28). The van der Waals surface area contributed by atoms with Crippen molar-refractivity contribution in [1.29, 1.82) is 0 Å². The van der Waals surface area contributed by atoms with Crippen molar-refractivity contribution in [3.05, 3.63) is 66.0 Å². The summed E-state index contributed by atoms with van der Waals surface area (Å²) in [7, 11) is 0. The number of nitrogens with one attached hydrogen (secondary N) is 2. The lowest BCUT2D eigenvalue weighted by Crippen LogP contribution is -2.50. The minimum absolute atomic E-state index is 0.164. The van der Waals surface area contributed by atoms with Gasteiger partial charge in [-0.25, -0.2) is 9.78 Å². The van der Waals surface area contributed by atoms with E-state index in [4.69, 9.17) is 5.73 Å². The van der Waals surface area contributed by atoms with Gasteiger partial charge >= 0.3 is 6.03 Å². The molecule has 1 aromatic heterocycles. The molecule has 0 atom stereocenters. The number of nitrogens with two attached hydrogens (primary N) is 1. The molecule has 1 fully saturated rings. The van der Waals surface area contributed by atoms with Crippen LogP contribution in [0.25, 0.3) is 11.0 Å². The highest BCUT2D eigenvalue weighted by Gasteiger charge is 2.29. The van der Waals surface area contributed by atoms with E-state index in [1.54, 1.807) is 0 Å². The molecule has 1 aliphatic rings. The fraction of sp³-hybridized carbons (Fsp3) is 0.364. The smallest absolute Gasteiger partial charge is 0.315 e. The number of para-hydroxylation sites is 2. The first-order valence-electron chi connectivity index (χ1n) is 9.90. The number of nitrogens with zero attached hydrogens (tertiary/aromatic N) is 2. The quantitative estimate of drug-likeness (QED) is 0.617. The summed E-state index contributed by atoms with van der Waals surface area (Å²) >= 11 is 0. The number of carbonyl (C=O) groups excluding carboxylic acids is 1. The third-order valence-electron chi connectivity index (χ3n) is 5.53. The van der Waals surface area contributed by atoms with E-state index in [9.17, 15) is 4.79 Å². The van der Waals surface area contributed by atoms with Crippen molar-refractivity contribution in [2.75, 3.05) is 6.54 Å². The molecule has 6 heteroatoms. The van der Waals surface area contributed by atoms with Gasteiger partial charge in [0.15, 0.2) is 0 Å². The second-order valence-corrected chi connectivity index (χ2v) is 7.79. The van der Waals surface area contributed by atoms with Gasteiger partial charge in [-0.1, -0.05) is 49.2 Å². The van der Waals surface area contributed by atoms with E-state index in [1.807, 2.05) is 36.7 Å². The zero-order valence-corrected chi connectivity index (χ0v) is 16.0. The van der Waals surface area contributed by atoms with Gasteiger partial charge in [-0.15, -0.1) is 0 Å². The monoisotopic (exact) mass is 377 g/mol. The van der Waals surface area contributed by atoms with E-state index in [1.165, 1.54) is 5.56 Å². The van der Waals surface area contributed by atoms with Gasteiger partial charge in [-0.2, -0.15) is 0 Å². The number of fused-ring (bicyclic) bond motifs is 1. The minimum atomic E-state index is -0.231. The maximum Gasteiger partial charge on any atom is 0.315 e. The lowest BCUT2D eigenvalue weighted by molar-refractivity contribution is 0.237. The maximum atomic E-state index is 12.1. The molecule has 1 heterocycles. The second-order valence-electron chi connectivity index (χ2n) is 7.79. The first-order chi connectivity index (χ1) is 13.6. The van der Waals surface area contributed by atoms with Crippen LogP contribution in [0, 0.1) is 0 Å². The van der Waals surface area contributed by atoms with Gasteiger partial charge in [0.25, 0.3) is 0 Å². The highest BCUT2D eigenvalue weighted by molar-refractivity contribution is 5.75. The number of urea groups is 1. The van der Waals surface area contributed by atoms with Crippen molar-refractivity contribution in [3.8, 4) is 0 Å². The molecule has 0 radical (unpaired) electrons. The summed E-state index contributed by atoms with van der Waals surface area (Å²) in [5.41, 5.74) is 10.4. The average Bonchev–Trinajstić information content (AvgIpc) is 3.32. The first-order valence-corrected chi connectivity index (χ1v) is 9.90. The van der Waals surface area contributed by atoms with Crippen molar-refractivity contribution in [2.45, 2.75) is 44.3 Å². The van der Waals surface area contributed by atoms with Crippen LogP contribution < -0.4 is 16.4 Å². The zero-order chi connectivity index (χ0) is 19.4. The largest absolute Gasteiger partial charge is 0.336 e. The summed E-state index contributed by atoms with van der Waals surface area (Å²) in [5.74, 6) is 0. The molecular formula is C22H27N5O. The average molecular weight is 377 g/mol. The highest BCUT2D eigenvalue weighted by Crippen LogP contribution is 2.26. The maximum absolute atomic E-state index is 12.1. The van der Waals surface area contributed by atoms with E-state index in [0.29, 0.717) is 13.1 Å². The molecule has 2 aromatic carbocycles. The predicted molar refractivity (Wildman–Crippen MR) is 111 cm³/mol. The Morgan fingerprint density at radius 3 is 2.71 bits per heavy atom. The predicted octanol–water partition coefficient (Wildman–Crippen LogP) is 3.16. The molecule has 1 aliphatic carbocycles. The Kier molecular flexibility index (Phi) is 5.30. The Labute approximate surface area is 165 Å². The molecule has 4 N–H and O–H groups in total. The number of amides is 2. The fourth-order valence-corrected chi connectivity index (χ4v) is 3.93. The van der Waals surface area contributed by atoms with E-state index >= 15 is 0 Å². The molecule has 3 aromatic rings. The molecule has 2 amide bonds. The van der Waals surface area contributed by atoms with Gasteiger partial charge in [-0.3, -0.25) is 0 Å². The molecular weight excluding hydrogens is 350 g/mol. The summed E-state index contributed by atoms with van der Waals surface area (Å²) in [6, 6.07) is 16.2. The van der Waals surface area contributed by atoms with E-state index in [2.05, 4.69) is 38.4 Å². The number of aromatic nitrogens is 2. The van der Waals surface area contributed by atoms with Crippen LogP contribution in [0.1, 0.15) is 36.8 Å². The van der Waals surface area contributed by atoms with Crippen LogP contribution in [-0.2, 0) is 13.1 Å². The van der Waals surface area contributed by atoms with Crippen LogP contribution in [0.5, 0.6) is 0 Å². The number of imidazole rings is 1. The molecule has 1 saturated carbocycles. The Hall–Kier alpha value is -2.86. The summed E-state index contributed by atoms with van der Waals surface area (Å²) in [5, 5.41) is 5.85. The number of hydrogen-bond acceptors (Lipinski definition) is 3. The van der Waals surface area contributed by atoms with Gasteiger partial charge < -0.3 is 20.9 Å². The fourth-order valence-electron chi connectivity index (χ4n) is 3.93. The summed E-state index contributed by atoms with van der Waals surface area (Å²) in [6.07, 6.45) is 6.14. The van der Waals surface area contributed by atoms with Gasteiger partial charge in [0.1, 0.15) is 0 Å². The summed E-state index contributed by atoms with van der Waals surface area (Å²) < 4.78 is 2.14. The Balaban J connectivity index is 1.33. The number of hydrogen-bond donors (Lipinski definition) is 3. The number of carbonyl (C=O) groups is 1. The molecule has 0 unspecified atom stereocenters. The molecule has 146 valence electrons. The van der Waals surface area contributed by atoms with E-state index in [-0.39, 0.29) is 11.6 Å². The number of rotatable bonds is 6. The molecule has 0 spiro atoms. The van der Waals surface area contributed by atoms with Gasteiger partial charge in [-0.05, 0) is 36.1 Å². The molecule has 6 nitrogen and oxygen atoms in total. The minimum Gasteiger partial charge on any atom is -0.336 e. The molecule has 0 bridgehead atoms. The van der Waals surface area contributed by atoms with Crippen LogP contribution in [0.4, 0.5) is 4.79 Å². The van der Waals surface area contributed by atoms with Gasteiger partial charge in [0, 0.05) is 25.2 Å². The van der Waals surface area contributed by atoms with Crippen LogP contribution in [-0.4, -0.2) is 27.7 Å². The van der Waals surface area contributed by atoms with Crippen molar-refractivity contribution in [1.82, 2.24) is 20.2 Å². The van der Waals surface area contributed by atoms with Crippen molar-refractivity contribution < 1.29 is 4.79 Å². The van der Waals surface area contributed by atoms with Crippen LogP contribution in [0.15, 0.2) is 54.9 Å².